The molecule has 0 radical (unpaired) electrons. The fraction of sp³-hybridized carbons (Fsp3) is 0.280. The first kappa shape index (κ1) is 22.4. The number of nitrogens with zero attached hydrogens (tertiary/aromatic N) is 4. The van der Waals surface area contributed by atoms with E-state index in [9.17, 15) is 9.18 Å². The van der Waals surface area contributed by atoms with E-state index < -0.39 is 0 Å². The Morgan fingerprint density at radius 2 is 1.82 bits per heavy atom. The van der Waals surface area contributed by atoms with Crippen LogP contribution >= 0.6 is 0 Å². The Kier molecular flexibility index (Phi) is 6.35. The minimum atomic E-state index is -0.333. The zero-order valence-corrected chi connectivity index (χ0v) is 18.9. The summed E-state index contributed by atoms with van der Waals surface area (Å²) in [5, 5.41) is 11.6. The lowest BCUT2D eigenvalue weighted by atomic mass is 9.92. The smallest absolute Gasteiger partial charge is 0.227 e. The molecule has 1 amide bonds. The van der Waals surface area contributed by atoms with Gasteiger partial charge >= 0.3 is 0 Å². The Morgan fingerprint density at radius 1 is 1.09 bits per heavy atom. The van der Waals surface area contributed by atoms with Gasteiger partial charge in [-0.05, 0) is 29.8 Å². The zero-order chi connectivity index (χ0) is 23.4. The molecule has 8 heteroatoms. The van der Waals surface area contributed by atoms with Crippen LogP contribution in [0.1, 0.15) is 44.3 Å². The summed E-state index contributed by atoms with van der Waals surface area (Å²) in [6, 6.07) is 17.7. The molecule has 2 aromatic heterocycles. The molecule has 1 N–H and O–H groups in total. The van der Waals surface area contributed by atoms with E-state index in [1.165, 1.54) is 12.1 Å². The summed E-state index contributed by atoms with van der Waals surface area (Å²) < 4.78 is 20.2. The van der Waals surface area contributed by atoms with Crippen LogP contribution in [0.3, 0.4) is 0 Å². The largest absolute Gasteiger partial charge is 0.339 e. The second kappa shape index (κ2) is 9.36. The quantitative estimate of drug-likeness (QED) is 0.431. The molecule has 7 nitrogen and oxygen atoms in total. The van der Waals surface area contributed by atoms with E-state index in [1.54, 1.807) is 12.1 Å². The van der Waals surface area contributed by atoms with E-state index in [1.807, 2.05) is 41.1 Å². The first-order valence-corrected chi connectivity index (χ1v) is 10.8. The highest BCUT2D eigenvalue weighted by molar-refractivity contribution is 5.90. The van der Waals surface area contributed by atoms with E-state index in [2.05, 4.69) is 36.2 Å². The summed E-state index contributed by atoms with van der Waals surface area (Å²) in [6.45, 7) is 6.81. The van der Waals surface area contributed by atoms with Crippen molar-refractivity contribution in [2.45, 2.75) is 45.6 Å². The number of rotatable bonds is 7. The zero-order valence-electron chi connectivity index (χ0n) is 18.9. The molecule has 0 spiro atoms. The van der Waals surface area contributed by atoms with Gasteiger partial charge in [-0.3, -0.25) is 4.79 Å². The van der Waals surface area contributed by atoms with Crippen LogP contribution in [0.5, 0.6) is 0 Å². The summed E-state index contributed by atoms with van der Waals surface area (Å²) in [4.78, 5) is 17.0. The molecule has 2 heterocycles. The third-order valence-electron chi connectivity index (χ3n) is 5.13. The van der Waals surface area contributed by atoms with Crippen LogP contribution in [-0.2, 0) is 23.2 Å². The van der Waals surface area contributed by atoms with Gasteiger partial charge < -0.3 is 9.84 Å². The van der Waals surface area contributed by atoms with Gasteiger partial charge in [0.15, 0.2) is 0 Å². The predicted octanol–water partition coefficient (Wildman–Crippen LogP) is 4.99. The molecule has 0 fully saturated rings. The predicted molar refractivity (Wildman–Crippen MR) is 123 cm³/mol. The van der Waals surface area contributed by atoms with Crippen LogP contribution in [0.15, 0.2) is 65.2 Å². The minimum absolute atomic E-state index is 0.151. The van der Waals surface area contributed by atoms with Crippen molar-refractivity contribution in [3.63, 3.8) is 0 Å². The molecule has 2 aromatic carbocycles. The van der Waals surface area contributed by atoms with Gasteiger partial charge in [0.25, 0.3) is 0 Å². The normalized spacial score (nSPS) is 11.5. The van der Waals surface area contributed by atoms with Gasteiger partial charge in [-0.2, -0.15) is 10.1 Å². The van der Waals surface area contributed by atoms with Crippen LogP contribution in [0.4, 0.5) is 10.2 Å². The van der Waals surface area contributed by atoms with Gasteiger partial charge in [0.2, 0.25) is 17.6 Å². The van der Waals surface area contributed by atoms with E-state index in [-0.39, 0.29) is 23.6 Å². The highest BCUT2D eigenvalue weighted by atomic mass is 19.1. The van der Waals surface area contributed by atoms with Crippen molar-refractivity contribution < 1.29 is 13.7 Å². The van der Waals surface area contributed by atoms with E-state index in [0.717, 1.165) is 11.3 Å². The fourth-order valence-electron chi connectivity index (χ4n) is 3.26. The van der Waals surface area contributed by atoms with Gasteiger partial charge in [0.05, 0.1) is 12.2 Å². The number of hydrogen-bond donors (Lipinski definition) is 1. The van der Waals surface area contributed by atoms with Crippen LogP contribution in [0, 0.1) is 5.82 Å². The fourth-order valence-corrected chi connectivity index (χ4v) is 3.26. The van der Waals surface area contributed by atoms with Crippen LogP contribution in [0.2, 0.25) is 0 Å². The first-order valence-electron chi connectivity index (χ1n) is 10.8. The van der Waals surface area contributed by atoms with E-state index >= 15 is 0 Å². The molecule has 0 unspecified atom stereocenters. The molecule has 4 rings (SSSR count). The van der Waals surface area contributed by atoms with E-state index in [0.29, 0.717) is 36.1 Å². The lowest BCUT2D eigenvalue weighted by Crippen LogP contribution is -2.16. The van der Waals surface area contributed by atoms with Gasteiger partial charge in [0, 0.05) is 29.9 Å². The van der Waals surface area contributed by atoms with Gasteiger partial charge in [-0.1, -0.05) is 56.3 Å². The average molecular weight is 448 g/mol. The molecular formula is C25H26FN5O2. The molecule has 0 aliphatic heterocycles. The van der Waals surface area contributed by atoms with Crippen LogP contribution < -0.4 is 5.32 Å². The van der Waals surface area contributed by atoms with Crippen molar-refractivity contribution in [3.05, 3.63) is 83.6 Å². The van der Waals surface area contributed by atoms with Crippen molar-refractivity contribution in [1.82, 2.24) is 19.9 Å². The maximum absolute atomic E-state index is 13.1. The molecule has 0 atom stereocenters. The van der Waals surface area contributed by atoms with Crippen molar-refractivity contribution in [2.75, 3.05) is 5.32 Å². The average Bonchev–Trinajstić information content (AvgIpc) is 3.41. The third-order valence-corrected chi connectivity index (χ3v) is 5.13. The van der Waals surface area contributed by atoms with Crippen LogP contribution in [0.25, 0.3) is 11.4 Å². The number of benzene rings is 2. The van der Waals surface area contributed by atoms with E-state index in [4.69, 9.17) is 9.62 Å². The maximum Gasteiger partial charge on any atom is 0.227 e. The topological polar surface area (TPSA) is 85.8 Å². The lowest BCUT2D eigenvalue weighted by molar-refractivity contribution is -0.116. The van der Waals surface area contributed by atoms with Crippen LogP contribution in [-0.4, -0.2) is 25.8 Å². The van der Waals surface area contributed by atoms with Gasteiger partial charge in [-0.15, -0.1) is 0 Å². The number of aromatic nitrogens is 4. The number of anilines is 1. The third kappa shape index (κ3) is 5.71. The molecule has 4 aromatic rings. The van der Waals surface area contributed by atoms with Crippen molar-refractivity contribution in [1.29, 1.82) is 0 Å². The Balaban J connectivity index is 1.42. The number of carbonyl (C=O) groups is 1. The number of halogens is 1. The Labute approximate surface area is 191 Å². The second-order valence-corrected chi connectivity index (χ2v) is 8.87. The van der Waals surface area contributed by atoms with Gasteiger partial charge in [0.1, 0.15) is 11.6 Å². The Bertz CT molecular complexity index is 1220. The van der Waals surface area contributed by atoms with Crippen molar-refractivity contribution >= 4 is 11.7 Å². The summed E-state index contributed by atoms with van der Waals surface area (Å²) in [5.74, 6) is 0.844. The highest BCUT2D eigenvalue weighted by Crippen LogP contribution is 2.25. The summed E-state index contributed by atoms with van der Waals surface area (Å²) in [7, 11) is 0. The molecule has 33 heavy (non-hydrogen) atoms. The van der Waals surface area contributed by atoms with Crippen molar-refractivity contribution in [2.24, 2.45) is 0 Å². The standard InChI is InChI=1S/C25H26FN5O2/c1-25(2,3)20-15-21(31(29-20)16-17-7-5-4-6-8-17)27-22(32)13-14-23-28-24(30-33-23)18-9-11-19(26)12-10-18/h4-12,15H,13-14,16H2,1-3H3,(H,27,32). The molecule has 0 saturated heterocycles. The monoisotopic (exact) mass is 447 g/mol. The molecule has 170 valence electrons. The Hall–Kier alpha value is -3.81. The number of carbonyl (C=O) groups excluding carboxylic acids is 1. The Morgan fingerprint density at radius 3 is 2.52 bits per heavy atom. The molecule has 0 saturated carbocycles. The van der Waals surface area contributed by atoms with Gasteiger partial charge in [-0.25, -0.2) is 9.07 Å². The lowest BCUT2D eigenvalue weighted by Gasteiger charge is -2.14. The molecule has 0 bridgehead atoms. The molecule has 0 aliphatic rings. The summed E-state index contributed by atoms with van der Waals surface area (Å²) in [5.41, 5.74) is 2.49. The van der Waals surface area contributed by atoms with Crippen molar-refractivity contribution in [3.8, 4) is 11.4 Å². The number of hydrogen-bond acceptors (Lipinski definition) is 5. The minimum Gasteiger partial charge on any atom is -0.339 e. The highest BCUT2D eigenvalue weighted by Gasteiger charge is 2.21. The maximum atomic E-state index is 13.1. The second-order valence-electron chi connectivity index (χ2n) is 8.87. The number of nitrogens with one attached hydrogen (secondary N) is 1. The number of aryl methyl sites for hydroxylation is 1. The molecular weight excluding hydrogens is 421 g/mol. The summed E-state index contributed by atoms with van der Waals surface area (Å²) in [6.07, 6.45) is 0.464. The number of amides is 1. The molecule has 0 aliphatic carbocycles. The SMILES string of the molecule is CC(C)(C)c1cc(NC(=O)CCc2nc(-c3ccc(F)cc3)no2)n(Cc2ccccc2)n1. The first-order chi connectivity index (χ1) is 15.8. The summed E-state index contributed by atoms with van der Waals surface area (Å²) >= 11 is 0.